The maximum atomic E-state index is 11.5. The highest BCUT2D eigenvalue weighted by atomic mass is 16.5. The second-order valence-corrected chi connectivity index (χ2v) is 7.04. The zero-order valence-corrected chi connectivity index (χ0v) is 15.8. The molecular weight excluding hydrogens is 296 g/mol. The molecule has 1 rings (SSSR count). The van der Waals surface area contributed by atoms with Crippen molar-refractivity contribution in [2.45, 2.75) is 90.4 Å². The molecule has 0 radical (unpaired) electrons. The van der Waals surface area contributed by atoms with E-state index in [1.54, 1.807) is 0 Å². The molecule has 0 aliphatic rings. The van der Waals surface area contributed by atoms with E-state index in [1.165, 1.54) is 69.8 Å². The normalized spacial score (nSPS) is 12.4. The van der Waals surface area contributed by atoms with E-state index in [1.807, 2.05) is 18.5 Å². The molecule has 3 heteroatoms. The van der Waals surface area contributed by atoms with E-state index in [0.29, 0.717) is 5.06 Å². The maximum absolute atomic E-state index is 11.5. The number of aryl methyl sites for hydroxylation is 1. The molecule has 1 heterocycles. The highest BCUT2D eigenvalue weighted by molar-refractivity contribution is 5.08. The molecule has 24 heavy (non-hydrogen) atoms. The van der Waals surface area contributed by atoms with Crippen LogP contribution in [0.2, 0.25) is 0 Å². The van der Waals surface area contributed by atoms with Gasteiger partial charge in [-0.1, -0.05) is 64.4 Å². The van der Waals surface area contributed by atoms with Gasteiger partial charge in [0.2, 0.25) is 0 Å². The zero-order valence-electron chi connectivity index (χ0n) is 15.8. The third-order valence-corrected chi connectivity index (χ3v) is 4.70. The molecule has 1 atom stereocenters. The molecule has 0 amide bonds. The Hall–Kier alpha value is -0.930. The van der Waals surface area contributed by atoms with Crippen molar-refractivity contribution in [3.05, 3.63) is 35.3 Å². The van der Waals surface area contributed by atoms with Gasteiger partial charge in [0.1, 0.15) is 0 Å². The van der Waals surface area contributed by atoms with Gasteiger partial charge in [-0.2, -0.15) is 0 Å². The summed E-state index contributed by atoms with van der Waals surface area (Å²) < 4.78 is 0. The summed E-state index contributed by atoms with van der Waals surface area (Å²) >= 11 is 0. The van der Waals surface area contributed by atoms with Crippen LogP contribution in [0.4, 0.5) is 0 Å². The molecule has 0 aliphatic carbocycles. The van der Waals surface area contributed by atoms with Crippen LogP contribution in [0.3, 0.4) is 0 Å². The first-order valence-corrected chi connectivity index (χ1v) is 10.2. The Morgan fingerprint density at radius 3 is 2.00 bits per heavy atom. The molecule has 1 aromatic rings. The van der Waals surface area contributed by atoms with Crippen LogP contribution in [0, 0.1) is 5.21 Å². The van der Waals surface area contributed by atoms with Gasteiger partial charge in [-0.15, -0.1) is 0 Å². The molecule has 0 saturated carbocycles. The van der Waals surface area contributed by atoms with Crippen molar-refractivity contribution < 1.29 is 5.06 Å². The van der Waals surface area contributed by atoms with Crippen molar-refractivity contribution in [3.63, 3.8) is 0 Å². The van der Waals surface area contributed by atoms with Crippen LogP contribution in [-0.2, 0) is 6.42 Å². The van der Waals surface area contributed by atoms with Gasteiger partial charge in [0.05, 0.1) is 13.1 Å². The van der Waals surface area contributed by atoms with Gasteiger partial charge in [0, 0.05) is 12.4 Å². The first-order chi connectivity index (χ1) is 11.8. The largest absolute Gasteiger partial charge is 0.634 e. The molecule has 0 spiro atoms. The minimum atomic E-state index is 0.475. The van der Waals surface area contributed by atoms with Crippen LogP contribution in [0.25, 0.3) is 0 Å². The first kappa shape index (κ1) is 21.1. The minimum Gasteiger partial charge on any atom is -0.634 e. The highest BCUT2D eigenvalue weighted by Crippen LogP contribution is 2.11. The summed E-state index contributed by atoms with van der Waals surface area (Å²) in [5, 5.41) is 12.0. The molecule has 1 N–H and O–H groups in total. The summed E-state index contributed by atoms with van der Waals surface area (Å²) in [7, 11) is 0. The first-order valence-electron chi connectivity index (χ1n) is 10.2. The summed E-state index contributed by atoms with van der Waals surface area (Å²) in [6.45, 7) is 3.77. The van der Waals surface area contributed by atoms with Gasteiger partial charge in [0.25, 0.3) is 0 Å². The van der Waals surface area contributed by atoms with Gasteiger partial charge in [-0.25, -0.2) is 0 Å². The number of nitrogens with zero attached hydrogens (tertiary/aromatic N) is 1. The lowest BCUT2D eigenvalue weighted by atomic mass is 10.0. The van der Waals surface area contributed by atoms with Crippen LogP contribution in [0.1, 0.15) is 89.5 Å². The number of aromatic nitrogens is 1. The van der Waals surface area contributed by atoms with Gasteiger partial charge >= 0.3 is 0 Å². The second-order valence-electron chi connectivity index (χ2n) is 7.04. The van der Waals surface area contributed by atoms with Crippen molar-refractivity contribution in [1.82, 2.24) is 4.98 Å². The van der Waals surface area contributed by atoms with Gasteiger partial charge < -0.3 is 10.3 Å². The molecule has 1 unspecified atom stereocenters. The van der Waals surface area contributed by atoms with Crippen LogP contribution >= 0.6 is 0 Å². The van der Waals surface area contributed by atoms with Crippen LogP contribution in [-0.4, -0.2) is 18.1 Å². The van der Waals surface area contributed by atoms with Crippen LogP contribution in [0.15, 0.2) is 24.5 Å². The van der Waals surface area contributed by atoms with Gasteiger partial charge in [-0.05, 0) is 43.7 Å². The third-order valence-electron chi connectivity index (χ3n) is 4.70. The number of hydrogen-bond acceptors (Lipinski definition) is 2. The lowest BCUT2D eigenvalue weighted by Crippen LogP contribution is -3.07. The molecule has 0 bridgehead atoms. The van der Waals surface area contributed by atoms with E-state index in [-0.39, 0.29) is 0 Å². The van der Waals surface area contributed by atoms with Crippen molar-refractivity contribution in [1.29, 1.82) is 0 Å². The lowest BCUT2D eigenvalue weighted by Gasteiger charge is -2.21. The smallest absolute Gasteiger partial charge is 0.0768 e. The Morgan fingerprint density at radius 1 is 0.833 bits per heavy atom. The summed E-state index contributed by atoms with van der Waals surface area (Å²) in [5.41, 5.74) is 1.37. The summed E-state index contributed by atoms with van der Waals surface area (Å²) in [6.07, 6.45) is 20.3. The molecular formula is C21H38N2O. The van der Waals surface area contributed by atoms with Crippen molar-refractivity contribution >= 4 is 0 Å². The summed E-state index contributed by atoms with van der Waals surface area (Å²) in [4.78, 5) is 4.16. The topological polar surface area (TPSA) is 40.4 Å². The predicted octanol–water partition coefficient (Wildman–Crippen LogP) is 4.71. The van der Waals surface area contributed by atoms with E-state index < -0.39 is 0 Å². The summed E-state index contributed by atoms with van der Waals surface area (Å²) in [5.74, 6) is 0. The van der Waals surface area contributed by atoms with E-state index >= 15 is 0 Å². The third kappa shape index (κ3) is 12.5. The fourth-order valence-corrected chi connectivity index (χ4v) is 3.11. The Labute approximate surface area is 149 Å². The number of pyridine rings is 1. The lowest BCUT2D eigenvalue weighted by molar-refractivity contribution is -0.848. The Balaban J connectivity index is 1.76. The minimum absolute atomic E-state index is 0.475. The maximum Gasteiger partial charge on any atom is 0.0768 e. The predicted molar refractivity (Wildman–Crippen MR) is 103 cm³/mol. The second kappa shape index (κ2) is 15.6. The van der Waals surface area contributed by atoms with Gasteiger partial charge in [0.15, 0.2) is 0 Å². The Morgan fingerprint density at radius 2 is 1.42 bits per heavy atom. The molecule has 0 saturated heterocycles. The highest BCUT2D eigenvalue weighted by Gasteiger charge is 1.98. The number of rotatable bonds is 16. The number of hydrogen-bond donors (Lipinski definition) is 1. The Kier molecular flexibility index (Phi) is 13.7. The van der Waals surface area contributed by atoms with E-state index in [9.17, 15) is 5.21 Å². The molecule has 3 nitrogen and oxygen atoms in total. The fraction of sp³-hybridized carbons (Fsp3) is 0.762. The van der Waals surface area contributed by atoms with Crippen molar-refractivity contribution in [3.8, 4) is 0 Å². The van der Waals surface area contributed by atoms with E-state index in [0.717, 1.165) is 32.4 Å². The molecule has 0 aromatic carbocycles. The number of nitrogens with one attached hydrogen (secondary N) is 1. The number of unbranched alkanes of at least 4 members (excludes halogenated alkanes) is 10. The number of quaternary nitrogens is 1. The van der Waals surface area contributed by atoms with E-state index in [2.05, 4.69) is 18.0 Å². The molecule has 0 aliphatic heterocycles. The fourth-order valence-electron chi connectivity index (χ4n) is 3.11. The monoisotopic (exact) mass is 334 g/mol. The number of hydroxylamine groups is 2. The quantitative estimate of drug-likeness (QED) is 0.351. The molecule has 0 fully saturated rings. The Bertz CT molecular complexity index is 369. The molecule has 138 valence electrons. The van der Waals surface area contributed by atoms with Crippen LogP contribution in [0.5, 0.6) is 0 Å². The average molecular weight is 335 g/mol. The standard InChI is InChI=1S/C21H38N2O/c1-2-3-18-23(24)19-13-11-9-7-5-4-6-8-10-12-15-21-16-14-17-22-20-21/h14,16-17,20,23H,2-13,15,18-19H2,1H3. The van der Waals surface area contributed by atoms with Crippen molar-refractivity contribution in [2.24, 2.45) is 0 Å². The molecule has 1 aromatic heterocycles. The zero-order chi connectivity index (χ0) is 17.3. The van der Waals surface area contributed by atoms with E-state index in [4.69, 9.17) is 0 Å². The van der Waals surface area contributed by atoms with Gasteiger partial charge in [-0.3, -0.25) is 4.98 Å². The SMILES string of the molecule is CCCC[NH+]([O-])CCCCCCCCCCCCc1cccnc1. The van der Waals surface area contributed by atoms with Crippen molar-refractivity contribution in [2.75, 3.05) is 13.1 Å². The summed E-state index contributed by atoms with van der Waals surface area (Å²) in [6, 6.07) is 4.20. The van der Waals surface area contributed by atoms with Crippen LogP contribution < -0.4 is 5.06 Å². The average Bonchev–Trinajstić information content (AvgIpc) is 2.61.